The maximum Gasteiger partial charge on any atom is 0.220 e. The Hall–Kier alpha value is -1.01. The molecule has 78 valence electrons. The Morgan fingerprint density at radius 1 is 1.79 bits per heavy atom. The van der Waals surface area contributed by atoms with Crippen molar-refractivity contribution < 1.29 is 4.79 Å². The van der Waals surface area contributed by atoms with E-state index in [4.69, 9.17) is 6.42 Å². The molecule has 3 nitrogen and oxygen atoms in total. The van der Waals surface area contributed by atoms with Gasteiger partial charge in [-0.3, -0.25) is 4.79 Å². The number of amides is 1. The molecule has 0 aromatic heterocycles. The Bertz CT molecular complexity index is 232. The highest BCUT2D eigenvalue weighted by Gasteiger charge is 2.20. The molecule has 1 saturated heterocycles. The fourth-order valence-electron chi connectivity index (χ4n) is 1.65. The molecule has 0 saturated carbocycles. The fourth-order valence-corrected chi connectivity index (χ4v) is 1.65. The molecule has 3 heteroatoms. The van der Waals surface area contributed by atoms with Crippen LogP contribution in [0.4, 0.5) is 0 Å². The molecule has 0 spiro atoms. The third-order valence-electron chi connectivity index (χ3n) is 2.47. The number of nitrogens with one attached hydrogen (secondary N) is 2. The first-order valence-corrected chi connectivity index (χ1v) is 5.25. The maximum absolute atomic E-state index is 10.9. The van der Waals surface area contributed by atoms with Gasteiger partial charge in [-0.2, -0.15) is 0 Å². The molecular weight excluding hydrogens is 176 g/mol. The second kappa shape index (κ2) is 5.66. The second-order valence-corrected chi connectivity index (χ2v) is 3.72. The minimum Gasteiger partial charge on any atom is -0.352 e. The fraction of sp³-hybridized carbons (Fsp3) is 0.727. The van der Waals surface area contributed by atoms with Gasteiger partial charge in [0.05, 0.1) is 6.04 Å². The molecule has 1 aliphatic rings. The molecule has 1 amide bonds. The van der Waals surface area contributed by atoms with E-state index < -0.39 is 0 Å². The summed E-state index contributed by atoms with van der Waals surface area (Å²) in [5.74, 6) is 2.87. The molecule has 0 aromatic carbocycles. The highest BCUT2D eigenvalue weighted by atomic mass is 16.1. The van der Waals surface area contributed by atoms with Crippen molar-refractivity contribution >= 4 is 5.91 Å². The summed E-state index contributed by atoms with van der Waals surface area (Å²) in [6, 6.07) is 0.424. The van der Waals surface area contributed by atoms with Crippen LogP contribution in [-0.2, 0) is 4.79 Å². The van der Waals surface area contributed by atoms with Crippen LogP contribution in [0.5, 0.6) is 0 Å². The highest BCUT2D eigenvalue weighted by molar-refractivity contribution is 5.78. The average Bonchev–Trinajstić information content (AvgIpc) is 2.59. The molecular formula is C11H18N2O. The van der Waals surface area contributed by atoms with Gasteiger partial charge in [-0.05, 0) is 12.8 Å². The van der Waals surface area contributed by atoms with Crippen molar-refractivity contribution in [2.45, 2.75) is 44.7 Å². The van der Waals surface area contributed by atoms with Gasteiger partial charge in [0.15, 0.2) is 0 Å². The zero-order chi connectivity index (χ0) is 10.4. The Kier molecular flexibility index (Phi) is 4.48. The third-order valence-corrected chi connectivity index (χ3v) is 2.47. The van der Waals surface area contributed by atoms with E-state index in [9.17, 15) is 4.79 Å². The van der Waals surface area contributed by atoms with E-state index in [2.05, 4.69) is 23.5 Å². The molecule has 0 aliphatic carbocycles. The lowest BCUT2D eigenvalue weighted by molar-refractivity contribution is -0.119. The van der Waals surface area contributed by atoms with Crippen LogP contribution in [-0.4, -0.2) is 24.5 Å². The minimum atomic E-state index is 0.150. The Morgan fingerprint density at radius 3 is 3.07 bits per heavy atom. The van der Waals surface area contributed by atoms with Crippen molar-refractivity contribution in [2.75, 3.05) is 6.54 Å². The number of hydrogen-bond acceptors (Lipinski definition) is 2. The van der Waals surface area contributed by atoms with E-state index in [1.54, 1.807) is 0 Å². The van der Waals surface area contributed by atoms with Crippen LogP contribution < -0.4 is 10.6 Å². The Balaban J connectivity index is 2.19. The molecule has 2 unspecified atom stereocenters. The summed E-state index contributed by atoms with van der Waals surface area (Å²) in [5, 5.41) is 6.19. The normalized spacial score (nSPS) is 22.9. The summed E-state index contributed by atoms with van der Waals surface area (Å²) in [5.41, 5.74) is 0. The second-order valence-electron chi connectivity index (χ2n) is 3.72. The number of terminal acetylenes is 1. The first-order valence-electron chi connectivity index (χ1n) is 5.25. The standard InChI is InChI=1S/C11H18N2O/c1-3-5-9(4-2)12-8-10-6-7-11(14)13-10/h2,9-10,12H,3,5-8H2,1H3,(H,13,14). The lowest BCUT2D eigenvalue weighted by atomic mass is 10.1. The first-order chi connectivity index (χ1) is 6.76. The summed E-state index contributed by atoms with van der Waals surface area (Å²) in [6.07, 6.45) is 9.03. The van der Waals surface area contributed by atoms with E-state index >= 15 is 0 Å². The van der Waals surface area contributed by atoms with Gasteiger partial charge in [-0.15, -0.1) is 6.42 Å². The lowest BCUT2D eigenvalue weighted by Gasteiger charge is -2.15. The number of carbonyl (C=O) groups is 1. The Labute approximate surface area is 85.6 Å². The van der Waals surface area contributed by atoms with Crippen molar-refractivity contribution in [1.82, 2.24) is 10.6 Å². The van der Waals surface area contributed by atoms with Crippen LogP contribution in [0, 0.1) is 12.3 Å². The van der Waals surface area contributed by atoms with E-state index in [1.807, 2.05) is 0 Å². The summed E-state index contributed by atoms with van der Waals surface area (Å²) >= 11 is 0. The molecule has 1 heterocycles. The highest BCUT2D eigenvalue weighted by Crippen LogP contribution is 2.05. The van der Waals surface area contributed by atoms with Gasteiger partial charge >= 0.3 is 0 Å². The van der Waals surface area contributed by atoms with Gasteiger partial charge in [-0.1, -0.05) is 19.3 Å². The largest absolute Gasteiger partial charge is 0.352 e. The quantitative estimate of drug-likeness (QED) is 0.631. The summed E-state index contributed by atoms with van der Waals surface area (Å²) in [7, 11) is 0. The van der Waals surface area contributed by atoms with E-state index in [-0.39, 0.29) is 18.0 Å². The molecule has 2 atom stereocenters. The van der Waals surface area contributed by atoms with E-state index in [1.165, 1.54) is 0 Å². The summed E-state index contributed by atoms with van der Waals surface area (Å²) < 4.78 is 0. The lowest BCUT2D eigenvalue weighted by Crippen LogP contribution is -2.39. The minimum absolute atomic E-state index is 0.150. The van der Waals surface area contributed by atoms with Gasteiger partial charge in [0.1, 0.15) is 0 Å². The first kappa shape index (κ1) is 11.1. The molecule has 0 radical (unpaired) electrons. The zero-order valence-electron chi connectivity index (χ0n) is 8.68. The van der Waals surface area contributed by atoms with Gasteiger partial charge < -0.3 is 10.6 Å². The van der Waals surface area contributed by atoms with Crippen LogP contribution in [0.15, 0.2) is 0 Å². The summed E-state index contributed by atoms with van der Waals surface area (Å²) in [4.78, 5) is 10.9. The van der Waals surface area contributed by atoms with Crippen LogP contribution in [0.3, 0.4) is 0 Å². The van der Waals surface area contributed by atoms with Gasteiger partial charge in [-0.25, -0.2) is 0 Å². The number of carbonyl (C=O) groups excluding carboxylic acids is 1. The van der Waals surface area contributed by atoms with Crippen molar-refractivity contribution in [3.05, 3.63) is 0 Å². The maximum atomic E-state index is 10.9. The van der Waals surface area contributed by atoms with Crippen LogP contribution in [0.25, 0.3) is 0 Å². The average molecular weight is 194 g/mol. The van der Waals surface area contributed by atoms with Crippen LogP contribution in [0.1, 0.15) is 32.6 Å². The van der Waals surface area contributed by atoms with Gasteiger partial charge in [0, 0.05) is 19.0 Å². The number of hydrogen-bond donors (Lipinski definition) is 2. The molecule has 0 aromatic rings. The predicted octanol–water partition coefficient (Wildman–Crippen LogP) is 0.656. The monoisotopic (exact) mass is 194 g/mol. The molecule has 1 rings (SSSR count). The predicted molar refractivity (Wildman–Crippen MR) is 56.7 cm³/mol. The third kappa shape index (κ3) is 3.39. The molecule has 2 N–H and O–H groups in total. The van der Waals surface area contributed by atoms with Crippen LogP contribution >= 0.6 is 0 Å². The molecule has 0 bridgehead atoms. The van der Waals surface area contributed by atoms with Crippen molar-refractivity contribution in [3.8, 4) is 12.3 Å². The smallest absolute Gasteiger partial charge is 0.220 e. The summed E-state index contributed by atoms with van der Waals surface area (Å²) in [6.45, 7) is 2.91. The number of rotatable bonds is 5. The topological polar surface area (TPSA) is 41.1 Å². The molecule has 1 fully saturated rings. The SMILES string of the molecule is C#CC(CCC)NCC1CCC(=O)N1. The van der Waals surface area contributed by atoms with Crippen molar-refractivity contribution in [3.63, 3.8) is 0 Å². The Morgan fingerprint density at radius 2 is 2.57 bits per heavy atom. The molecule has 1 aliphatic heterocycles. The van der Waals surface area contributed by atoms with E-state index in [0.29, 0.717) is 6.42 Å². The van der Waals surface area contributed by atoms with Crippen molar-refractivity contribution in [1.29, 1.82) is 0 Å². The van der Waals surface area contributed by atoms with Crippen molar-refractivity contribution in [2.24, 2.45) is 0 Å². The molecule has 14 heavy (non-hydrogen) atoms. The van der Waals surface area contributed by atoms with Crippen LogP contribution in [0.2, 0.25) is 0 Å². The van der Waals surface area contributed by atoms with Gasteiger partial charge in [0.25, 0.3) is 0 Å². The van der Waals surface area contributed by atoms with Gasteiger partial charge in [0.2, 0.25) is 5.91 Å². The van der Waals surface area contributed by atoms with E-state index in [0.717, 1.165) is 25.8 Å². The zero-order valence-corrected chi connectivity index (χ0v) is 8.68.